The van der Waals surface area contributed by atoms with Gasteiger partial charge in [-0.15, -0.1) is 0 Å². The molecule has 0 aliphatic carbocycles. The maximum atomic E-state index is 13.2. The molecule has 4 aliphatic rings. The zero-order chi connectivity index (χ0) is 60.3. The zero-order valence-electron chi connectivity index (χ0n) is 48.3. The van der Waals surface area contributed by atoms with E-state index >= 15 is 0 Å². The summed E-state index contributed by atoms with van der Waals surface area (Å²) in [6.45, 7) is 18.0. The fourth-order valence-corrected chi connectivity index (χ4v) is 9.70. The van der Waals surface area contributed by atoms with Crippen molar-refractivity contribution in [3.63, 3.8) is 0 Å². The highest BCUT2D eigenvalue weighted by Gasteiger charge is 2.32. The van der Waals surface area contributed by atoms with E-state index in [9.17, 15) is 33.0 Å². The van der Waals surface area contributed by atoms with Crippen molar-refractivity contribution in [3.8, 4) is 11.5 Å². The third-order valence-electron chi connectivity index (χ3n) is 13.2. The van der Waals surface area contributed by atoms with Gasteiger partial charge in [-0.2, -0.15) is 0 Å². The van der Waals surface area contributed by atoms with Gasteiger partial charge in [0.15, 0.2) is 5.82 Å². The molecular weight excluding hydrogens is 1100 g/mol. The number of ether oxygens (including phenoxy) is 4. The predicted molar refractivity (Wildman–Crippen MR) is 313 cm³/mol. The number of piperazine rings is 2. The molecule has 10 rings (SSSR count). The molecule has 3 N–H and O–H groups in total. The minimum Gasteiger partial charge on any atom is -0.497 e. The van der Waals surface area contributed by atoms with Crippen molar-refractivity contribution < 1.29 is 51.9 Å². The number of hydrogen-bond donors (Lipinski definition) is 3. The number of amides is 6. The summed E-state index contributed by atoms with van der Waals surface area (Å²) in [5, 5.41) is 8.71. The molecule has 84 heavy (non-hydrogen) atoms. The first-order valence-corrected chi connectivity index (χ1v) is 28.4. The van der Waals surface area contributed by atoms with E-state index in [0.29, 0.717) is 93.9 Å². The lowest BCUT2D eigenvalue weighted by atomic mass is 10.1. The highest BCUT2D eigenvalue weighted by atomic mass is 32.2. The molecule has 2 saturated heterocycles. The van der Waals surface area contributed by atoms with Crippen molar-refractivity contribution >= 4 is 75.2 Å². The topological polar surface area (TPSA) is 286 Å². The van der Waals surface area contributed by atoms with Gasteiger partial charge in [-0.05, 0) is 89.1 Å². The number of carbonyl (C=O) groups is 6. The number of aromatic nitrogens is 6. The molecule has 1 atom stereocenters. The van der Waals surface area contributed by atoms with Crippen LogP contribution in [-0.2, 0) is 33.4 Å². The van der Waals surface area contributed by atoms with Crippen LogP contribution in [0.2, 0.25) is 0 Å². The molecule has 26 heteroatoms. The second-order valence-electron chi connectivity index (χ2n) is 21.4. The second-order valence-corrected chi connectivity index (χ2v) is 23.0. The Hall–Kier alpha value is -9.33. The quantitative estimate of drug-likeness (QED) is 0.123. The number of hydrogen-bond acceptors (Lipinski definition) is 19. The number of fused-ring (bicyclic) bond motifs is 2. The minimum absolute atomic E-state index is 0.0103. The summed E-state index contributed by atoms with van der Waals surface area (Å²) in [4.78, 5) is 109. The summed E-state index contributed by atoms with van der Waals surface area (Å²) < 4.78 is 33.2. The van der Waals surface area contributed by atoms with Gasteiger partial charge in [0.05, 0.1) is 91.5 Å². The van der Waals surface area contributed by atoms with Gasteiger partial charge < -0.3 is 54.5 Å². The molecule has 2 aromatic carbocycles. The summed E-state index contributed by atoms with van der Waals surface area (Å²) in [5.41, 5.74) is 4.77. The van der Waals surface area contributed by atoms with E-state index in [-0.39, 0.29) is 46.2 Å². The normalized spacial score (nSPS) is 15.0. The number of nitrogens with one attached hydrogen (secondary N) is 3. The average molecular weight is 1170 g/mol. The molecular formula is C58H68N14O11S. The predicted octanol–water partition coefficient (Wildman–Crippen LogP) is 6.60. The van der Waals surface area contributed by atoms with E-state index in [4.69, 9.17) is 18.9 Å². The van der Waals surface area contributed by atoms with Gasteiger partial charge in [-0.3, -0.25) is 48.2 Å². The largest absolute Gasteiger partial charge is 0.497 e. The molecule has 0 radical (unpaired) electrons. The molecule has 0 saturated carbocycles. The summed E-state index contributed by atoms with van der Waals surface area (Å²) in [6.07, 6.45) is 11.3. The number of pyridine rings is 2. The third-order valence-corrected chi connectivity index (χ3v) is 14.4. The minimum atomic E-state index is -1.30. The number of anilines is 5. The van der Waals surface area contributed by atoms with E-state index in [1.807, 2.05) is 71.9 Å². The Bertz CT molecular complexity index is 3430. The van der Waals surface area contributed by atoms with Gasteiger partial charge in [-0.25, -0.2) is 19.6 Å². The maximum absolute atomic E-state index is 13.2. The van der Waals surface area contributed by atoms with Crippen molar-refractivity contribution in [3.05, 3.63) is 132 Å². The lowest BCUT2D eigenvalue weighted by Gasteiger charge is -2.37. The fraction of sp³-hybridized carbons (Fsp3) is 0.379. The molecule has 2 fully saturated rings. The van der Waals surface area contributed by atoms with Crippen molar-refractivity contribution in [2.24, 2.45) is 0 Å². The molecule has 8 heterocycles. The van der Waals surface area contributed by atoms with Crippen LogP contribution in [0.3, 0.4) is 0 Å². The highest BCUT2D eigenvalue weighted by molar-refractivity contribution is 7.84. The smallest absolute Gasteiger partial charge is 0.410 e. The summed E-state index contributed by atoms with van der Waals surface area (Å²) in [6, 6.07) is 14.5. The Morgan fingerprint density at radius 1 is 0.607 bits per heavy atom. The first-order valence-electron chi connectivity index (χ1n) is 27.0. The Kier molecular flexibility index (Phi) is 19.3. The van der Waals surface area contributed by atoms with Gasteiger partial charge >= 0.3 is 12.2 Å². The average Bonchev–Trinajstić information content (AvgIpc) is 4.18. The molecule has 4 aliphatic heterocycles. The molecule has 6 amide bonds. The highest BCUT2D eigenvalue weighted by Crippen LogP contribution is 2.32. The van der Waals surface area contributed by atoms with Crippen molar-refractivity contribution in [1.82, 2.24) is 45.0 Å². The monoisotopic (exact) mass is 1170 g/mol. The number of rotatable bonds is 11. The summed E-state index contributed by atoms with van der Waals surface area (Å²) in [5.74, 6) is 0.789. The van der Waals surface area contributed by atoms with Crippen LogP contribution in [0, 0.1) is 0 Å². The Morgan fingerprint density at radius 2 is 1.10 bits per heavy atom. The van der Waals surface area contributed by atoms with Crippen LogP contribution < -0.4 is 40.1 Å². The molecule has 1 unspecified atom stereocenters. The van der Waals surface area contributed by atoms with E-state index in [1.165, 1.54) is 29.7 Å². The lowest BCUT2D eigenvalue weighted by Crippen LogP contribution is -2.50. The van der Waals surface area contributed by atoms with Crippen LogP contribution in [0.1, 0.15) is 101 Å². The van der Waals surface area contributed by atoms with E-state index in [1.54, 1.807) is 73.9 Å². The number of benzene rings is 2. The molecule has 4 aromatic heterocycles. The molecule has 0 bridgehead atoms. The summed E-state index contributed by atoms with van der Waals surface area (Å²) >= 11 is 0. The summed E-state index contributed by atoms with van der Waals surface area (Å²) in [7, 11) is 1.84. The SMILES string of the molecule is CCS(=O)c1cncc(C(=O)Nc2cnccc2N2CCN(C(=O)OC(C)(C)C)CC2)n1.COc1ccc2c(c1)C(=O)N(c1cncc(C(=O)Nc3cnccc3N3CCN(C(=O)OC(C)(C)C)CC3)n1)C2.COc1ccc2c(c1)C(=O)NC2. The van der Waals surface area contributed by atoms with Gasteiger partial charge in [0.2, 0.25) is 0 Å². The Morgan fingerprint density at radius 3 is 1.60 bits per heavy atom. The van der Waals surface area contributed by atoms with Gasteiger partial charge in [0.25, 0.3) is 23.6 Å². The van der Waals surface area contributed by atoms with Crippen LogP contribution in [-0.4, -0.2) is 163 Å². The third kappa shape index (κ3) is 15.4. The Balaban J connectivity index is 0.000000185. The molecule has 25 nitrogen and oxygen atoms in total. The van der Waals surface area contributed by atoms with Crippen LogP contribution in [0.4, 0.5) is 38.2 Å². The fourth-order valence-electron chi connectivity index (χ4n) is 9.02. The van der Waals surface area contributed by atoms with Crippen LogP contribution in [0.5, 0.6) is 11.5 Å². The molecule has 6 aromatic rings. The van der Waals surface area contributed by atoms with Crippen LogP contribution in [0.25, 0.3) is 0 Å². The second kappa shape index (κ2) is 26.7. The van der Waals surface area contributed by atoms with E-state index in [0.717, 1.165) is 33.8 Å². The van der Waals surface area contributed by atoms with Crippen LogP contribution >= 0.6 is 0 Å². The van der Waals surface area contributed by atoms with Gasteiger partial charge in [0.1, 0.15) is 39.1 Å². The van der Waals surface area contributed by atoms with Crippen molar-refractivity contribution in [1.29, 1.82) is 0 Å². The van der Waals surface area contributed by atoms with E-state index < -0.39 is 33.8 Å². The van der Waals surface area contributed by atoms with Crippen molar-refractivity contribution in [2.75, 3.05) is 97.7 Å². The number of carbonyl (C=O) groups excluding carboxylic acids is 6. The molecule has 0 spiro atoms. The van der Waals surface area contributed by atoms with E-state index in [2.05, 4.69) is 55.7 Å². The van der Waals surface area contributed by atoms with Crippen molar-refractivity contribution in [2.45, 2.75) is 77.8 Å². The van der Waals surface area contributed by atoms with Crippen LogP contribution in [0.15, 0.2) is 103 Å². The molecule has 442 valence electrons. The first-order chi connectivity index (χ1) is 40.1. The first kappa shape index (κ1) is 60.8. The zero-order valence-corrected chi connectivity index (χ0v) is 49.2. The number of nitrogens with zero attached hydrogens (tertiary/aromatic N) is 11. The standard InChI is InChI=1S/C28H31N7O5.C21H28N6O4S.C9H9NO2/c1-28(2,3)40-27(38)34-11-9-33(10-12-34)23-7-8-29-14-21(23)32-25(36)22-15-30-16-24(31-22)35-17-18-5-6-19(39-4)13-20(18)26(35)37;1-5-32(30)18-14-23-13-16(24-18)19(28)25-15-12-22-7-6-17(15)26-8-10-27(11-9-26)20(29)31-21(2,3)4;1-12-7-3-2-6-5-10-9(11)8(6)4-7/h5-8,13-16H,9-12,17H2,1-4H3,(H,32,36);6-7,12-14H,5,8-11H2,1-4H3,(H,25,28);2-4H,5H2,1H3,(H,10,11). The van der Waals surface area contributed by atoms with Gasteiger partial charge in [0, 0.05) is 88.2 Å². The maximum Gasteiger partial charge on any atom is 0.410 e. The van der Waals surface area contributed by atoms with Gasteiger partial charge in [-0.1, -0.05) is 19.1 Å². The Labute approximate surface area is 488 Å². The number of methoxy groups -OCH3 is 2. The lowest BCUT2D eigenvalue weighted by molar-refractivity contribution is 0.0230.